The summed E-state index contributed by atoms with van der Waals surface area (Å²) in [6.45, 7) is 4.10. The topological polar surface area (TPSA) is 94.3 Å². The molecule has 0 aliphatic carbocycles. The minimum atomic E-state index is -4.66. The van der Waals surface area contributed by atoms with Crippen molar-refractivity contribution in [3.63, 3.8) is 0 Å². The van der Waals surface area contributed by atoms with Crippen LogP contribution in [-0.4, -0.2) is 59.7 Å². The smallest absolute Gasteiger partial charge is 0.370 e. The van der Waals surface area contributed by atoms with Gasteiger partial charge in [-0.05, 0) is 44.0 Å². The van der Waals surface area contributed by atoms with Crippen LogP contribution < -0.4 is 10.2 Å². The summed E-state index contributed by atoms with van der Waals surface area (Å²) < 4.78 is 42.2. The molecule has 186 valence electrons. The van der Waals surface area contributed by atoms with Gasteiger partial charge in [0.15, 0.2) is 0 Å². The number of aryl methyl sites for hydroxylation is 1. The van der Waals surface area contributed by atoms with Gasteiger partial charge in [0.2, 0.25) is 5.91 Å². The SMILES string of the molecule is CCn1ccc(C(=O)N2CCC3(CC2)CN(c2ccc(C#N)c(C(F)(F)F)c2)CC3C(=O)NC)n1. The summed E-state index contributed by atoms with van der Waals surface area (Å²) in [4.78, 5) is 29.2. The first-order valence-corrected chi connectivity index (χ1v) is 11.5. The summed E-state index contributed by atoms with van der Waals surface area (Å²) in [5.41, 5.74) is -1.20. The number of carbonyl (C=O) groups is 2. The van der Waals surface area contributed by atoms with E-state index in [2.05, 4.69) is 10.4 Å². The Labute approximate surface area is 201 Å². The third kappa shape index (κ3) is 4.57. The summed E-state index contributed by atoms with van der Waals surface area (Å²) in [7, 11) is 1.55. The number of anilines is 1. The van der Waals surface area contributed by atoms with Crippen molar-refractivity contribution in [1.29, 1.82) is 5.26 Å². The second-order valence-electron chi connectivity index (χ2n) is 9.10. The van der Waals surface area contributed by atoms with E-state index in [4.69, 9.17) is 5.26 Å². The van der Waals surface area contributed by atoms with Crippen molar-refractivity contribution < 1.29 is 22.8 Å². The number of piperidine rings is 1. The van der Waals surface area contributed by atoms with E-state index in [9.17, 15) is 22.8 Å². The van der Waals surface area contributed by atoms with E-state index in [1.807, 2.05) is 6.92 Å². The Morgan fingerprint density at radius 1 is 1.26 bits per heavy atom. The number of halogens is 3. The first-order valence-electron chi connectivity index (χ1n) is 11.5. The lowest BCUT2D eigenvalue weighted by Gasteiger charge is -2.41. The molecule has 2 aliphatic heterocycles. The van der Waals surface area contributed by atoms with Crippen LogP contribution in [0.4, 0.5) is 18.9 Å². The highest BCUT2D eigenvalue weighted by atomic mass is 19.4. The van der Waals surface area contributed by atoms with Gasteiger partial charge in [-0.15, -0.1) is 0 Å². The summed E-state index contributed by atoms with van der Waals surface area (Å²) in [6.07, 6.45) is -1.81. The van der Waals surface area contributed by atoms with Crippen molar-refractivity contribution in [1.82, 2.24) is 20.0 Å². The van der Waals surface area contributed by atoms with Gasteiger partial charge in [-0.1, -0.05) is 0 Å². The second kappa shape index (κ2) is 9.24. The molecule has 35 heavy (non-hydrogen) atoms. The number of hydrogen-bond donors (Lipinski definition) is 1. The maximum absolute atomic E-state index is 13.5. The number of rotatable bonds is 4. The quantitative estimate of drug-likeness (QED) is 0.714. The molecule has 2 amide bonds. The molecule has 2 aliphatic rings. The summed E-state index contributed by atoms with van der Waals surface area (Å²) in [6, 6.07) is 6.94. The maximum Gasteiger partial charge on any atom is 0.417 e. The predicted octanol–water partition coefficient (Wildman–Crippen LogP) is 2.90. The van der Waals surface area contributed by atoms with Crippen LogP contribution in [0.15, 0.2) is 30.5 Å². The number of nitrogens with one attached hydrogen (secondary N) is 1. The minimum absolute atomic E-state index is 0.166. The number of amides is 2. The average molecular weight is 489 g/mol. The Bertz CT molecular complexity index is 1160. The number of aromatic nitrogens is 2. The largest absolute Gasteiger partial charge is 0.417 e. The zero-order valence-corrected chi connectivity index (χ0v) is 19.6. The molecule has 2 aromatic rings. The van der Waals surface area contributed by atoms with Crippen LogP contribution in [-0.2, 0) is 17.5 Å². The van der Waals surface area contributed by atoms with Crippen molar-refractivity contribution in [3.8, 4) is 6.07 Å². The fourth-order valence-electron chi connectivity index (χ4n) is 5.24. The normalized spacial score (nSPS) is 19.6. The molecule has 1 spiro atoms. The highest BCUT2D eigenvalue weighted by Gasteiger charge is 2.51. The molecule has 8 nitrogen and oxygen atoms in total. The molecule has 11 heteroatoms. The Morgan fingerprint density at radius 3 is 2.54 bits per heavy atom. The highest BCUT2D eigenvalue weighted by Crippen LogP contribution is 2.47. The van der Waals surface area contributed by atoms with Gasteiger partial charge in [-0.3, -0.25) is 14.3 Å². The zero-order valence-electron chi connectivity index (χ0n) is 19.6. The number of benzene rings is 1. The third-order valence-corrected chi connectivity index (χ3v) is 7.24. The fraction of sp³-hybridized carbons (Fsp3) is 0.500. The van der Waals surface area contributed by atoms with E-state index in [1.54, 1.807) is 39.9 Å². The molecule has 2 saturated heterocycles. The number of nitrogens with zero attached hydrogens (tertiary/aromatic N) is 5. The van der Waals surface area contributed by atoms with Gasteiger partial charge >= 0.3 is 6.18 Å². The monoisotopic (exact) mass is 488 g/mol. The van der Waals surface area contributed by atoms with Gasteiger partial charge in [-0.25, -0.2) is 0 Å². The number of nitriles is 1. The minimum Gasteiger partial charge on any atom is -0.370 e. The van der Waals surface area contributed by atoms with Crippen molar-refractivity contribution in [2.75, 3.05) is 38.1 Å². The summed E-state index contributed by atoms with van der Waals surface area (Å²) in [5, 5.41) is 16.1. The van der Waals surface area contributed by atoms with E-state index >= 15 is 0 Å². The van der Waals surface area contributed by atoms with Crippen LogP contribution in [0.25, 0.3) is 0 Å². The van der Waals surface area contributed by atoms with Crippen molar-refractivity contribution >= 4 is 17.5 Å². The van der Waals surface area contributed by atoms with E-state index in [1.165, 1.54) is 12.1 Å². The Kier molecular flexibility index (Phi) is 6.49. The van der Waals surface area contributed by atoms with Gasteiger partial charge < -0.3 is 15.1 Å². The number of carbonyl (C=O) groups excluding carboxylic acids is 2. The van der Waals surface area contributed by atoms with Crippen LogP contribution >= 0.6 is 0 Å². The lowest BCUT2D eigenvalue weighted by Crippen LogP contribution is -2.49. The van der Waals surface area contributed by atoms with Crippen molar-refractivity contribution in [2.24, 2.45) is 11.3 Å². The molecule has 0 radical (unpaired) electrons. The van der Waals surface area contributed by atoms with Crippen molar-refractivity contribution in [2.45, 2.75) is 32.5 Å². The maximum atomic E-state index is 13.5. The van der Waals surface area contributed by atoms with E-state index < -0.39 is 28.6 Å². The van der Waals surface area contributed by atoms with Gasteiger partial charge in [0, 0.05) is 57.1 Å². The molecule has 0 bridgehead atoms. The van der Waals surface area contributed by atoms with Crippen LogP contribution in [0.5, 0.6) is 0 Å². The first kappa shape index (κ1) is 24.6. The molecular formula is C24H27F3N6O2. The van der Waals surface area contributed by atoms with Gasteiger partial charge in [0.25, 0.3) is 5.91 Å². The van der Waals surface area contributed by atoms with Crippen LogP contribution in [0.2, 0.25) is 0 Å². The van der Waals surface area contributed by atoms with E-state index in [0.29, 0.717) is 50.4 Å². The molecule has 1 unspecified atom stereocenters. The third-order valence-electron chi connectivity index (χ3n) is 7.24. The summed E-state index contributed by atoms with van der Waals surface area (Å²) in [5.74, 6) is -0.770. The molecule has 4 rings (SSSR count). The molecule has 3 heterocycles. The predicted molar refractivity (Wildman–Crippen MR) is 121 cm³/mol. The van der Waals surface area contributed by atoms with Crippen LogP contribution in [0.3, 0.4) is 0 Å². The summed E-state index contributed by atoms with van der Waals surface area (Å²) >= 11 is 0. The second-order valence-corrected chi connectivity index (χ2v) is 9.10. The zero-order chi connectivity index (χ0) is 25.4. The van der Waals surface area contributed by atoms with Crippen LogP contribution in [0.1, 0.15) is 41.4 Å². The van der Waals surface area contributed by atoms with Crippen molar-refractivity contribution in [3.05, 3.63) is 47.3 Å². The number of likely N-dealkylation sites (tertiary alicyclic amines) is 1. The van der Waals surface area contributed by atoms with Gasteiger partial charge in [0.1, 0.15) is 5.69 Å². The van der Waals surface area contributed by atoms with E-state index in [0.717, 1.165) is 6.07 Å². The fourth-order valence-corrected chi connectivity index (χ4v) is 5.24. The number of hydrogen-bond acceptors (Lipinski definition) is 5. The lowest BCUT2D eigenvalue weighted by molar-refractivity contribution is -0.137. The van der Waals surface area contributed by atoms with Gasteiger partial charge in [0.05, 0.1) is 23.1 Å². The molecule has 1 atom stereocenters. The molecule has 2 fully saturated rings. The average Bonchev–Trinajstić information content (AvgIpc) is 3.48. The molecule has 1 aromatic carbocycles. The first-order chi connectivity index (χ1) is 16.6. The van der Waals surface area contributed by atoms with Crippen LogP contribution in [0, 0.1) is 22.7 Å². The molecule has 0 saturated carbocycles. The lowest BCUT2D eigenvalue weighted by atomic mass is 9.70. The Morgan fingerprint density at radius 2 is 1.97 bits per heavy atom. The van der Waals surface area contributed by atoms with Gasteiger partial charge in [-0.2, -0.15) is 23.5 Å². The van der Waals surface area contributed by atoms with E-state index in [-0.39, 0.29) is 18.4 Å². The molecular weight excluding hydrogens is 461 g/mol. The highest BCUT2D eigenvalue weighted by molar-refractivity contribution is 5.92. The molecule has 1 N–H and O–H groups in total. The molecule has 1 aromatic heterocycles. The number of alkyl halides is 3. The Balaban J connectivity index is 1.56. The Hall–Kier alpha value is -3.55. The standard InChI is InChI=1S/C24H27F3N6O2/c1-3-33-9-6-20(30-33)22(35)31-10-7-23(8-11-31)15-32(14-19(23)21(34)29-2)17-5-4-16(13-28)18(12-17)24(25,26)27/h4-6,9,12,19H,3,7-8,10-11,14-15H2,1-2H3,(H,29,34).